The van der Waals surface area contributed by atoms with Crippen molar-refractivity contribution >= 4 is 0 Å². The number of benzene rings is 4. The van der Waals surface area contributed by atoms with Crippen LogP contribution in [0.3, 0.4) is 0 Å². The lowest BCUT2D eigenvalue weighted by Crippen LogP contribution is -2.14. The first-order valence-corrected chi connectivity index (χ1v) is 11.1. The van der Waals surface area contributed by atoms with Crippen molar-refractivity contribution < 1.29 is 4.52 Å². The van der Waals surface area contributed by atoms with Crippen LogP contribution in [0.4, 0.5) is 0 Å². The maximum atomic E-state index is 5.33. The van der Waals surface area contributed by atoms with E-state index < -0.39 is 0 Å². The number of aromatic nitrogens is 3. The Bertz CT molecular complexity index is 1350. The fourth-order valence-corrected chi connectivity index (χ4v) is 4.22. The molecule has 0 saturated heterocycles. The standard InChI is InChI=1S/C29H25N3O/c1-29(2,3)26-19-24(28-30-31-32-33-28)18-25(27(26)23-12-8-5-9-13-23)22-16-14-21(15-17-22)20-10-6-4-7-11-20/h4-19H,1-3H3. The second-order valence-electron chi connectivity index (χ2n) is 9.17. The minimum absolute atomic E-state index is 0.104. The van der Waals surface area contributed by atoms with E-state index in [4.69, 9.17) is 4.52 Å². The SMILES string of the molecule is CC(C)(C)c1cc(-c2nnno2)cc(-c2ccc(-c3ccccc3)cc2)c1-c1ccccc1. The summed E-state index contributed by atoms with van der Waals surface area (Å²) < 4.78 is 5.33. The van der Waals surface area contributed by atoms with Crippen molar-refractivity contribution in [2.75, 3.05) is 0 Å². The molecule has 0 atom stereocenters. The van der Waals surface area contributed by atoms with E-state index >= 15 is 0 Å². The molecule has 0 spiro atoms. The fraction of sp³-hybridized carbons (Fsp3) is 0.138. The zero-order chi connectivity index (χ0) is 22.8. The lowest BCUT2D eigenvalue weighted by Gasteiger charge is -2.26. The van der Waals surface area contributed by atoms with Gasteiger partial charge in [0.1, 0.15) is 0 Å². The molecule has 4 heteroatoms. The Kier molecular flexibility index (Phi) is 5.35. The van der Waals surface area contributed by atoms with Gasteiger partial charge in [-0.1, -0.05) is 111 Å². The molecule has 0 aliphatic heterocycles. The molecular weight excluding hydrogens is 406 g/mol. The predicted molar refractivity (Wildman–Crippen MR) is 133 cm³/mol. The third-order valence-corrected chi connectivity index (χ3v) is 5.86. The average Bonchev–Trinajstić information content (AvgIpc) is 3.39. The van der Waals surface area contributed by atoms with Gasteiger partial charge in [-0.05, 0) is 61.7 Å². The van der Waals surface area contributed by atoms with Crippen molar-refractivity contribution in [3.05, 3.63) is 103 Å². The third kappa shape index (κ3) is 4.20. The predicted octanol–water partition coefficient (Wildman–Crippen LogP) is 7.43. The first-order valence-electron chi connectivity index (χ1n) is 11.1. The van der Waals surface area contributed by atoms with Crippen molar-refractivity contribution in [3.8, 4) is 44.8 Å². The Hall–Kier alpha value is -4.05. The molecule has 1 heterocycles. The van der Waals surface area contributed by atoms with Crippen molar-refractivity contribution in [3.63, 3.8) is 0 Å². The second-order valence-corrected chi connectivity index (χ2v) is 9.17. The van der Waals surface area contributed by atoms with Crippen LogP contribution in [-0.4, -0.2) is 15.6 Å². The highest BCUT2D eigenvalue weighted by Gasteiger charge is 2.24. The molecule has 5 aromatic rings. The molecule has 0 N–H and O–H groups in total. The fourth-order valence-electron chi connectivity index (χ4n) is 4.22. The summed E-state index contributed by atoms with van der Waals surface area (Å²) in [4.78, 5) is 0. The summed E-state index contributed by atoms with van der Waals surface area (Å²) in [7, 11) is 0. The van der Waals surface area contributed by atoms with Gasteiger partial charge < -0.3 is 4.52 Å². The number of rotatable bonds is 4. The van der Waals surface area contributed by atoms with Crippen LogP contribution in [0.25, 0.3) is 44.8 Å². The van der Waals surface area contributed by atoms with Gasteiger partial charge in [0, 0.05) is 5.56 Å². The second kappa shape index (κ2) is 8.47. The van der Waals surface area contributed by atoms with Gasteiger partial charge in [0.25, 0.3) is 5.89 Å². The topological polar surface area (TPSA) is 51.8 Å². The van der Waals surface area contributed by atoms with Gasteiger partial charge in [-0.3, -0.25) is 0 Å². The van der Waals surface area contributed by atoms with Crippen molar-refractivity contribution in [1.82, 2.24) is 15.6 Å². The molecule has 0 fully saturated rings. The normalized spacial score (nSPS) is 11.5. The summed E-state index contributed by atoms with van der Waals surface area (Å²) in [6.07, 6.45) is 0. The molecule has 4 nitrogen and oxygen atoms in total. The lowest BCUT2D eigenvalue weighted by molar-refractivity contribution is 0.403. The maximum Gasteiger partial charge on any atom is 0.278 e. The highest BCUT2D eigenvalue weighted by atomic mass is 16.5. The highest BCUT2D eigenvalue weighted by molar-refractivity contribution is 5.89. The summed E-state index contributed by atoms with van der Waals surface area (Å²) in [6.45, 7) is 6.69. The largest absolute Gasteiger partial charge is 0.315 e. The monoisotopic (exact) mass is 431 g/mol. The Morgan fingerprint density at radius 2 is 1.18 bits per heavy atom. The summed E-state index contributed by atoms with van der Waals surface area (Å²) in [5, 5.41) is 11.3. The van der Waals surface area contributed by atoms with E-state index in [1.807, 2.05) is 12.1 Å². The van der Waals surface area contributed by atoms with Gasteiger partial charge in [-0.25, -0.2) is 0 Å². The molecule has 0 aliphatic carbocycles. The molecule has 1 aromatic heterocycles. The van der Waals surface area contributed by atoms with Gasteiger partial charge >= 0.3 is 0 Å². The minimum Gasteiger partial charge on any atom is -0.315 e. The van der Waals surface area contributed by atoms with Gasteiger partial charge in [0.2, 0.25) is 0 Å². The van der Waals surface area contributed by atoms with E-state index in [-0.39, 0.29) is 5.41 Å². The van der Waals surface area contributed by atoms with Crippen LogP contribution in [0, 0.1) is 0 Å². The van der Waals surface area contributed by atoms with Crippen LogP contribution < -0.4 is 0 Å². The van der Waals surface area contributed by atoms with Crippen molar-refractivity contribution in [2.24, 2.45) is 0 Å². The molecular formula is C29H25N3O. The highest BCUT2D eigenvalue weighted by Crippen LogP contribution is 2.43. The minimum atomic E-state index is -0.104. The summed E-state index contributed by atoms with van der Waals surface area (Å²) in [6, 6.07) is 34.0. The molecule has 33 heavy (non-hydrogen) atoms. The van der Waals surface area contributed by atoms with E-state index in [1.54, 1.807) is 0 Å². The van der Waals surface area contributed by atoms with Crippen molar-refractivity contribution in [1.29, 1.82) is 0 Å². The lowest BCUT2D eigenvalue weighted by atomic mass is 9.77. The van der Waals surface area contributed by atoms with Crippen LogP contribution in [0.2, 0.25) is 0 Å². The first kappa shape index (κ1) is 20.8. The zero-order valence-corrected chi connectivity index (χ0v) is 19.0. The molecule has 4 aromatic carbocycles. The molecule has 0 radical (unpaired) electrons. The van der Waals surface area contributed by atoms with Crippen LogP contribution in [0.15, 0.2) is 102 Å². The summed E-state index contributed by atoms with van der Waals surface area (Å²) in [5.74, 6) is 0.419. The number of nitrogens with zero attached hydrogens (tertiary/aromatic N) is 3. The van der Waals surface area contributed by atoms with E-state index in [0.29, 0.717) is 5.89 Å². The van der Waals surface area contributed by atoms with E-state index in [9.17, 15) is 0 Å². The Labute approximate surface area is 193 Å². The van der Waals surface area contributed by atoms with E-state index in [2.05, 4.69) is 121 Å². The first-order chi connectivity index (χ1) is 16.0. The molecule has 162 valence electrons. The molecule has 0 amide bonds. The zero-order valence-electron chi connectivity index (χ0n) is 19.0. The molecule has 5 rings (SSSR count). The smallest absolute Gasteiger partial charge is 0.278 e. The Morgan fingerprint density at radius 1 is 0.606 bits per heavy atom. The van der Waals surface area contributed by atoms with Gasteiger partial charge in [-0.2, -0.15) is 0 Å². The van der Waals surface area contributed by atoms with Crippen LogP contribution >= 0.6 is 0 Å². The molecule has 0 aliphatic rings. The van der Waals surface area contributed by atoms with Gasteiger partial charge in [0.05, 0.1) is 5.27 Å². The van der Waals surface area contributed by atoms with Crippen LogP contribution in [-0.2, 0) is 5.41 Å². The summed E-state index contributed by atoms with van der Waals surface area (Å²) in [5.41, 5.74) is 9.02. The van der Waals surface area contributed by atoms with Crippen LogP contribution in [0.1, 0.15) is 26.3 Å². The quantitative estimate of drug-likeness (QED) is 0.297. The molecule has 0 bridgehead atoms. The number of hydrogen-bond donors (Lipinski definition) is 0. The van der Waals surface area contributed by atoms with Crippen molar-refractivity contribution in [2.45, 2.75) is 26.2 Å². The maximum absolute atomic E-state index is 5.33. The van der Waals surface area contributed by atoms with E-state index in [0.717, 1.165) is 16.7 Å². The third-order valence-electron chi connectivity index (χ3n) is 5.86. The van der Waals surface area contributed by atoms with Crippen LogP contribution in [0.5, 0.6) is 0 Å². The van der Waals surface area contributed by atoms with Gasteiger partial charge in [-0.15, -0.1) is 0 Å². The van der Waals surface area contributed by atoms with Gasteiger partial charge in [0.15, 0.2) is 0 Å². The molecule has 0 unspecified atom stereocenters. The number of hydrogen-bond acceptors (Lipinski definition) is 4. The van der Waals surface area contributed by atoms with E-state index in [1.165, 1.54) is 27.8 Å². The molecule has 0 saturated carbocycles. The Balaban J connectivity index is 1.75. The summed E-state index contributed by atoms with van der Waals surface area (Å²) >= 11 is 0. The average molecular weight is 432 g/mol. The Morgan fingerprint density at radius 3 is 1.76 bits per heavy atom.